The number of imidazole rings is 1. The molecule has 0 bridgehead atoms. The highest BCUT2D eigenvalue weighted by Crippen LogP contribution is 2.33. The van der Waals surface area contributed by atoms with Crippen molar-refractivity contribution in [3.05, 3.63) is 59.8 Å². The van der Waals surface area contributed by atoms with E-state index in [-0.39, 0.29) is 5.56 Å². The lowest BCUT2D eigenvalue weighted by atomic mass is 10.1. The Balaban J connectivity index is 1.84. The van der Waals surface area contributed by atoms with Gasteiger partial charge in [-0.2, -0.15) is 0 Å². The van der Waals surface area contributed by atoms with E-state index in [4.69, 9.17) is 4.74 Å². The number of ether oxygens (including phenoxy) is 1. The molecular weight excluding hydrogens is 387 g/mol. The molecule has 0 spiro atoms. The number of nitrogens with zero attached hydrogens (tertiary/aromatic N) is 4. The van der Waals surface area contributed by atoms with Gasteiger partial charge in [-0.15, -0.1) is 0 Å². The third-order valence-corrected chi connectivity index (χ3v) is 5.45. The highest BCUT2D eigenvalue weighted by atomic mass is 19.1. The summed E-state index contributed by atoms with van der Waals surface area (Å²) >= 11 is 0. The van der Waals surface area contributed by atoms with Gasteiger partial charge in [-0.05, 0) is 25.1 Å². The minimum absolute atomic E-state index is 0.0922. The van der Waals surface area contributed by atoms with Crippen molar-refractivity contribution in [1.82, 2.24) is 14.5 Å². The number of aromatic nitrogens is 3. The minimum atomic E-state index is -1.07. The van der Waals surface area contributed by atoms with Crippen LogP contribution in [0, 0.1) is 12.7 Å². The number of hydrogen-bond donors (Lipinski definition) is 1. The molecule has 152 valence electrons. The van der Waals surface area contributed by atoms with Gasteiger partial charge in [-0.3, -0.25) is 9.55 Å². The van der Waals surface area contributed by atoms with E-state index >= 15 is 4.39 Å². The van der Waals surface area contributed by atoms with E-state index in [0.717, 1.165) is 5.69 Å². The predicted octanol–water partition coefficient (Wildman–Crippen LogP) is 3.56. The molecule has 1 fully saturated rings. The Labute approximate surface area is 171 Å². The van der Waals surface area contributed by atoms with Crippen molar-refractivity contribution in [3.8, 4) is 5.69 Å². The van der Waals surface area contributed by atoms with Crippen molar-refractivity contribution in [2.75, 3.05) is 31.2 Å². The smallest absolute Gasteiger partial charge is 0.338 e. The Bertz CT molecular complexity index is 1290. The first kappa shape index (κ1) is 18.5. The molecule has 1 N–H and O–H groups in total. The number of aryl methyl sites for hydroxylation is 1. The largest absolute Gasteiger partial charge is 0.478 e. The predicted molar refractivity (Wildman–Crippen MR) is 111 cm³/mol. The van der Waals surface area contributed by atoms with Crippen LogP contribution in [0.3, 0.4) is 0 Å². The number of carboxylic acid groups (broad SMARTS) is 1. The average molecular weight is 406 g/mol. The summed E-state index contributed by atoms with van der Waals surface area (Å²) < 4.78 is 22.2. The van der Waals surface area contributed by atoms with Crippen molar-refractivity contribution in [2.24, 2.45) is 0 Å². The number of morpholine rings is 1. The van der Waals surface area contributed by atoms with Crippen LogP contribution in [-0.2, 0) is 4.74 Å². The Kier molecular flexibility index (Phi) is 4.36. The molecule has 8 heteroatoms. The summed E-state index contributed by atoms with van der Waals surface area (Å²) in [5.74, 6) is -1.06. The van der Waals surface area contributed by atoms with E-state index in [0.29, 0.717) is 59.8 Å². The van der Waals surface area contributed by atoms with E-state index in [2.05, 4.69) is 14.9 Å². The molecule has 0 atom stereocenters. The summed E-state index contributed by atoms with van der Waals surface area (Å²) in [5, 5.41) is 10.5. The number of para-hydroxylation sites is 1. The molecule has 4 aromatic rings. The van der Waals surface area contributed by atoms with Gasteiger partial charge in [0.25, 0.3) is 0 Å². The fourth-order valence-electron chi connectivity index (χ4n) is 4.06. The summed E-state index contributed by atoms with van der Waals surface area (Å²) in [6, 6.07) is 10.8. The molecule has 7 nitrogen and oxygen atoms in total. The van der Waals surface area contributed by atoms with Crippen LogP contribution in [-0.4, -0.2) is 51.9 Å². The topological polar surface area (TPSA) is 80.5 Å². The SMILES string of the molecule is Cc1nc2c(C(=O)O)cc(N3CCOCC3)cc2n1-c1c(F)cnc2ccccc12. The molecular formula is C22H19FN4O3. The second-order valence-corrected chi connectivity index (χ2v) is 7.23. The van der Waals surface area contributed by atoms with E-state index in [9.17, 15) is 9.90 Å². The molecule has 0 aliphatic carbocycles. The molecule has 1 aliphatic rings. The van der Waals surface area contributed by atoms with Crippen molar-refractivity contribution in [3.63, 3.8) is 0 Å². The lowest BCUT2D eigenvalue weighted by Gasteiger charge is -2.29. The maximum atomic E-state index is 15.1. The van der Waals surface area contributed by atoms with Gasteiger partial charge in [0.15, 0.2) is 5.82 Å². The molecule has 0 saturated carbocycles. The first-order chi connectivity index (χ1) is 14.5. The van der Waals surface area contributed by atoms with Gasteiger partial charge >= 0.3 is 5.97 Å². The van der Waals surface area contributed by atoms with Gasteiger partial charge < -0.3 is 14.7 Å². The molecule has 0 unspecified atom stereocenters. The standard InChI is InChI=1S/C22H19FN4O3/c1-13-25-20-16(22(28)29)10-14(26-6-8-30-9-7-26)11-19(20)27(13)21-15-4-2-3-5-18(15)24-12-17(21)23/h2-5,10-12H,6-9H2,1H3,(H,28,29). The van der Waals surface area contributed by atoms with Crippen molar-refractivity contribution in [1.29, 1.82) is 0 Å². The molecule has 0 amide bonds. The van der Waals surface area contributed by atoms with Gasteiger partial charge in [0.1, 0.15) is 11.3 Å². The fourth-order valence-corrected chi connectivity index (χ4v) is 4.06. The number of carbonyl (C=O) groups is 1. The molecule has 0 radical (unpaired) electrons. The van der Waals surface area contributed by atoms with Crippen LogP contribution in [0.15, 0.2) is 42.6 Å². The van der Waals surface area contributed by atoms with Crippen LogP contribution in [0.5, 0.6) is 0 Å². The van der Waals surface area contributed by atoms with E-state index in [1.54, 1.807) is 23.6 Å². The first-order valence-electron chi connectivity index (χ1n) is 9.67. The van der Waals surface area contributed by atoms with Crippen LogP contribution in [0.4, 0.5) is 10.1 Å². The molecule has 1 aliphatic heterocycles. The minimum Gasteiger partial charge on any atom is -0.478 e. The number of hydrogen-bond acceptors (Lipinski definition) is 5. The molecule has 30 heavy (non-hydrogen) atoms. The Morgan fingerprint density at radius 2 is 1.97 bits per heavy atom. The monoisotopic (exact) mass is 406 g/mol. The van der Waals surface area contributed by atoms with Gasteiger partial charge in [-0.25, -0.2) is 14.2 Å². The number of halogens is 1. The number of anilines is 1. The Morgan fingerprint density at radius 1 is 1.20 bits per heavy atom. The number of benzene rings is 2. The van der Waals surface area contributed by atoms with Crippen LogP contribution < -0.4 is 4.90 Å². The van der Waals surface area contributed by atoms with E-state index < -0.39 is 11.8 Å². The van der Waals surface area contributed by atoms with Gasteiger partial charge in [0.2, 0.25) is 0 Å². The lowest BCUT2D eigenvalue weighted by molar-refractivity contribution is 0.0699. The van der Waals surface area contributed by atoms with E-state index in [1.165, 1.54) is 6.20 Å². The molecule has 1 saturated heterocycles. The maximum Gasteiger partial charge on any atom is 0.338 e. The zero-order valence-corrected chi connectivity index (χ0v) is 16.3. The molecule has 5 rings (SSSR count). The third kappa shape index (κ3) is 2.88. The molecule has 2 aromatic heterocycles. The second kappa shape index (κ2) is 7.07. The van der Waals surface area contributed by atoms with Crippen molar-refractivity contribution < 1.29 is 19.0 Å². The summed E-state index contributed by atoms with van der Waals surface area (Å²) in [6.07, 6.45) is 1.19. The molecule has 2 aromatic carbocycles. The fraction of sp³-hybridized carbons (Fsp3) is 0.227. The third-order valence-electron chi connectivity index (χ3n) is 5.45. The second-order valence-electron chi connectivity index (χ2n) is 7.23. The Morgan fingerprint density at radius 3 is 2.73 bits per heavy atom. The summed E-state index contributed by atoms with van der Waals surface area (Å²) in [7, 11) is 0. The normalized spacial score (nSPS) is 14.5. The van der Waals surface area contributed by atoms with Crippen LogP contribution in [0.2, 0.25) is 0 Å². The number of aromatic carboxylic acids is 1. The number of rotatable bonds is 3. The lowest BCUT2D eigenvalue weighted by Crippen LogP contribution is -2.36. The highest BCUT2D eigenvalue weighted by Gasteiger charge is 2.23. The summed E-state index contributed by atoms with van der Waals surface area (Å²) in [6.45, 7) is 4.20. The van der Waals surface area contributed by atoms with Crippen molar-refractivity contribution in [2.45, 2.75) is 6.92 Å². The summed E-state index contributed by atoms with van der Waals surface area (Å²) in [5.41, 5.74) is 2.69. The first-order valence-corrected chi connectivity index (χ1v) is 9.67. The summed E-state index contributed by atoms with van der Waals surface area (Å²) in [4.78, 5) is 22.8. The van der Waals surface area contributed by atoms with Crippen LogP contribution in [0.1, 0.15) is 16.2 Å². The van der Waals surface area contributed by atoms with Gasteiger partial charge in [-0.1, -0.05) is 18.2 Å². The van der Waals surface area contributed by atoms with E-state index in [1.807, 2.05) is 24.3 Å². The van der Waals surface area contributed by atoms with Crippen molar-refractivity contribution >= 4 is 33.6 Å². The van der Waals surface area contributed by atoms with Gasteiger partial charge in [0, 0.05) is 24.2 Å². The number of pyridine rings is 1. The van der Waals surface area contributed by atoms with Crippen LogP contribution >= 0.6 is 0 Å². The maximum absolute atomic E-state index is 15.1. The van der Waals surface area contributed by atoms with Crippen LogP contribution in [0.25, 0.3) is 27.6 Å². The zero-order valence-electron chi connectivity index (χ0n) is 16.3. The zero-order chi connectivity index (χ0) is 20.8. The average Bonchev–Trinajstić information content (AvgIpc) is 3.09. The Hall–Kier alpha value is -3.52. The number of fused-ring (bicyclic) bond motifs is 2. The molecule has 3 heterocycles. The highest BCUT2D eigenvalue weighted by molar-refractivity contribution is 6.04. The number of carboxylic acids is 1. The van der Waals surface area contributed by atoms with Gasteiger partial charge in [0.05, 0.1) is 41.7 Å². The quantitative estimate of drug-likeness (QED) is 0.560.